The van der Waals surface area contributed by atoms with Crippen LogP contribution in [-0.4, -0.2) is 15.0 Å². The highest BCUT2D eigenvalue weighted by molar-refractivity contribution is 6.63. The van der Waals surface area contributed by atoms with Gasteiger partial charge >= 0.3 is 0 Å². The summed E-state index contributed by atoms with van der Waals surface area (Å²) in [5.41, 5.74) is 0.780. The lowest BCUT2D eigenvalue weighted by atomic mass is 9.91. The lowest BCUT2D eigenvalue weighted by Gasteiger charge is -2.19. The molecule has 0 amide bonds. The average molecular weight is 257 g/mol. The van der Waals surface area contributed by atoms with Gasteiger partial charge in [-0.3, -0.25) is 9.59 Å². The molecule has 1 rings (SSSR count). The van der Waals surface area contributed by atoms with Gasteiger partial charge < -0.3 is 0 Å². The Morgan fingerprint density at radius 3 is 2.47 bits per heavy atom. The van der Waals surface area contributed by atoms with Crippen LogP contribution in [0.4, 0.5) is 0 Å². The molecule has 0 N–H and O–H groups in total. The van der Waals surface area contributed by atoms with Gasteiger partial charge in [-0.1, -0.05) is 20.8 Å². The van der Waals surface area contributed by atoms with Crippen molar-refractivity contribution in [3.05, 3.63) is 27.7 Å². The highest BCUT2D eigenvalue weighted by atomic mass is 35.5. The lowest BCUT2D eigenvalue weighted by molar-refractivity contribution is -0.111. The predicted molar refractivity (Wildman–Crippen MR) is 67.4 cm³/mol. The maximum atomic E-state index is 11.9. The van der Waals surface area contributed by atoms with Crippen molar-refractivity contribution in [2.24, 2.45) is 0 Å². The summed E-state index contributed by atoms with van der Waals surface area (Å²) in [5, 5.41) is 3.75. The van der Waals surface area contributed by atoms with E-state index in [2.05, 4.69) is 5.10 Å². The van der Waals surface area contributed by atoms with Crippen LogP contribution in [0.2, 0.25) is 0 Å². The summed E-state index contributed by atoms with van der Waals surface area (Å²) in [5.74, 6) is 0. The Balaban J connectivity index is 3.39. The molecular formula is C12H17ClN2O2. The van der Waals surface area contributed by atoms with Crippen LogP contribution in [0.3, 0.4) is 0 Å². The summed E-state index contributed by atoms with van der Waals surface area (Å²) in [6.07, 6.45) is -0.0496. The van der Waals surface area contributed by atoms with E-state index in [0.717, 1.165) is 5.69 Å². The van der Waals surface area contributed by atoms with Gasteiger partial charge in [0, 0.05) is 17.5 Å². The quantitative estimate of drug-likeness (QED) is 0.776. The van der Waals surface area contributed by atoms with E-state index in [1.54, 1.807) is 6.07 Å². The Labute approximate surface area is 106 Å². The molecule has 94 valence electrons. The zero-order chi connectivity index (χ0) is 13.2. The zero-order valence-corrected chi connectivity index (χ0v) is 11.3. The van der Waals surface area contributed by atoms with Crippen molar-refractivity contribution in [3.8, 4) is 0 Å². The fourth-order valence-corrected chi connectivity index (χ4v) is 1.60. The van der Waals surface area contributed by atoms with E-state index in [9.17, 15) is 9.59 Å². The molecule has 1 heterocycles. The number of aromatic nitrogens is 2. The van der Waals surface area contributed by atoms with E-state index in [-0.39, 0.29) is 17.4 Å². The molecule has 0 spiro atoms. The van der Waals surface area contributed by atoms with Gasteiger partial charge in [-0.2, -0.15) is 5.10 Å². The van der Waals surface area contributed by atoms with Gasteiger partial charge in [0.1, 0.15) is 0 Å². The van der Waals surface area contributed by atoms with E-state index in [1.807, 2.05) is 27.7 Å². The maximum Gasteiger partial charge on any atom is 0.270 e. The minimum absolute atomic E-state index is 0.0496. The molecule has 0 aliphatic rings. The normalized spacial score (nSPS) is 11.6. The first-order chi connectivity index (χ1) is 7.75. The smallest absolute Gasteiger partial charge is 0.270 e. The molecule has 0 saturated heterocycles. The average Bonchev–Trinajstić information content (AvgIpc) is 2.18. The number of nitrogens with zero attached hydrogens (tertiary/aromatic N) is 2. The predicted octanol–water partition coefficient (Wildman–Crippen LogP) is 1.87. The van der Waals surface area contributed by atoms with Gasteiger partial charge in [-0.25, -0.2) is 4.68 Å². The molecule has 1 aromatic heterocycles. The number of aryl methyl sites for hydroxylation is 1. The third-order valence-electron chi connectivity index (χ3n) is 2.45. The lowest BCUT2D eigenvalue weighted by Crippen LogP contribution is -2.30. The Hall–Kier alpha value is -1.16. The summed E-state index contributed by atoms with van der Waals surface area (Å²) >= 11 is 5.34. The summed E-state index contributed by atoms with van der Waals surface area (Å²) in [4.78, 5) is 22.8. The maximum absolute atomic E-state index is 11.9. The molecule has 0 atom stereocenters. The van der Waals surface area contributed by atoms with E-state index in [4.69, 9.17) is 11.6 Å². The van der Waals surface area contributed by atoms with Crippen LogP contribution in [0.1, 0.15) is 39.0 Å². The minimum Gasteiger partial charge on any atom is -0.281 e. The number of hydrogen-bond acceptors (Lipinski definition) is 3. The fourth-order valence-electron chi connectivity index (χ4n) is 1.45. The molecular weight excluding hydrogens is 240 g/mol. The SMILES string of the molecule is CCn1nc(C(C)(C)C)cc(CC(=O)Cl)c1=O. The van der Waals surface area contributed by atoms with Crippen molar-refractivity contribution in [1.29, 1.82) is 0 Å². The van der Waals surface area contributed by atoms with Gasteiger partial charge in [-0.15, -0.1) is 0 Å². The largest absolute Gasteiger partial charge is 0.281 e. The summed E-state index contributed by atoms with van der Waals surface area (Å²) in [7, 11) is 0. The van der Waals surface area contributed by atoms with Crippen molar-refractivity contribution in [2.45, 2.75) is 46.1 Å². The van der Waals surface area contributed by atoms with Crippen LogP contribution < -0.4 is 5.56 Å². The number of hydrogen-bond donors (Lipinski definition) is 0. The van der Waals surface area contributed by atoms with Gasteiger partial charge in [0.15, 0.2) is 0 Å². The molecule has 4 nitrogen and oxygen atoms in total. The molecule has 0 bridgehead atoms. The third kappa shape index (κ3) is 3.40. The third-order valence-corrected chi connectivity index (χ3v) is 2.58. The topological polar surface area (TPSA) is 52.0 Å². The molecule has 0 aliphatic carbocycles. The molecule has 0 aliphatic heterocycles. The second-order valence-electron chi connectivity index (χ2n) is 4.96. The second-order valence-corrected chi connectivity index (χ2v) is 5.38. The van der Waals surface area contributed by atoms with Gasteiger partial charge in [0.25, 0.3) is 5.56 Å². The molecule has 5 heteroatoms. The number of halogens is 1. The summed E-state index contributed by atoms with van der Waals surface area (Å²) < 4.78 is 1.37. The molecule has 1 aromatic rings. The van der Waals surface area contributed by atoms with Crippen molar-refractivity contribution in [1.82, 2.24) is 9.78 Å². The Bertz CT molecular complexity index is 486. The molecule has 0 unspecified atom stereocenters. The van der Waals surface area contributed by atoms with Crippen LogP contribution in [-0.2, 0) is 23.2 Å². The van der Waals surface area contributed by atoms with Gasteiger partial charge in [-0.05, 0) is 24.6 Å². The molecule has 0 aromatic carbocycles. The second kappa shape index (κ2) is 5.00. The number of carbonyl (C=O) groups is 1. The van der Waals surface area contributed by atoms with E-state index < -0.39 is 5.24 Å². The minimum atomic E-state index is -0.532. The highest BCUT2D eigenvalue weighted by Crippen LogP contribution is 2.19. The van der Waals surface area contributed by atoms with Crippen molar-refractivity contribution < 1.29 is 4.79 Å². The number of carbonyl (C=O) groups excluding carboxylic acids is 1. The van der Waals surface area contributed by atoms with Gasteiger partial charge in [0.05, 0.1) is 12.1 Å². The monoisotopic (exact) mass is 256 g/mol. The standard InChI is InChI=1S/C12H17ClN2O2/c1-5-15-11(17)8(7-10(13)16)6-9(14-15)12(2,3)4/h6H,5,7H2,1-4H3. The zero-order valence-electron chi connectivity index (χ0n) is 10.6. The molecule has 0 radical (unpaired) electrons. The van der Waals surface area contributed by atoms with E-state index in [1.165, 1.54) is 4.68 Å². The van der Waals surface area contributed by atoms with Crippen LogP contribution in [0.15, 0.2) is 10.9 Å². The summed E-state index contributed by atoms with van der Waals surface area (Å²) in [6.45, 7) is 8.34. The Morgan fingerprint density at radius 2 is 2.06 bits per heavy atom. The first-order valence-electron chi connectivity index (χ1n) is 5.55. The summed E-state index contributed by atoms with van der Waals surface area (Å²) in [6, 6.07) is 1.68. The number of rotatable bonds is 3. The van der Waals surface area contributed by atoms with E-state index >= 15 is 0 Å². The van der Waals surface area contributed by atoms with Gasteiger partial charge in [0.2, 0.25) is 5.24 Å². The fraction of sp³-hybridized carbons (Fsp3) is 0.583. The van der Waals surface area contributed by atoms with Crippen molar-refractivity contribution in [3.63, 3.8) is 0 Å². The highest BCUT2D eigenvalue weighted by Gasteiger charge is 2.19. The molecule has 0 saturated carbocycles. The first-order valence-corrected chi connectivity index (χ1v) is 5.93. The Kier molecular flexibility index (Phi) is 4.09. The van der Waals surface area contributed by atoms with Crippen LogP contribution in [0.5, 0.6) is 0 Å². The first kappa shape index (κ1) is 13.9. The molecule has 17 heavy (non-hydrogen) atoms. The van der Waals surface area contributed by atoms with Crippen molar-refractivity contribution >= 4 is 16.8 Å². The van der Waals surface area contributed by atoms with Crippen molar-refractivity contribution in [2.75, 3.05) is 0 Å². The Morgan fingerprint density at radius 1 is 1.47 bits per heavy atom. The van der Waals surface area contributed by atoms with Crippen LogP contribution >= 0.6 is 11.6 Å². The van der Waals surface area contributed by atoms with Crippen LogP contribution in [0, 0.1) is 0 Å². The van der Waals surface area contributed by atoms with Crippen LogP contribution in [0.25, 0.3) is 0 Å². The van der Waals surface area contributed by atoms with E-state index in [0.29, 0.717) is 12.1 Å². The molecule has 0 fully saturated rings.